The number of halogens is 7. The van der Waals surface area contributed by atoms with Gasteiger partial charge in [0.25, 0.3) is 5.91 Å². The lowest BCUT2D eigenvalue weighted by molar-refractivity contribution is -0.146. The third kappa shape index (κ3) is 10.7. The molecule has 0 unspecified atom stereocenters. The number of hydrogen-bond acceptors (Lipinski definition) is 4. The molecule has 1 amide bonds. The van der Waals surface area contributed by atoms with Crippen LogP contribution in [-0.4, -0.2) is 53.4 Å². The smallest absolute Gasteiger partial charge is 0.416 e. The van der Waals surface area contributed by atoms with Crippen LogP contribution in [0.1, 0.15) is 65.1 Å². The van der Waals surface area contributed by atoms with Gasteiger partial charge in [0.15, 0.2) is 6.10 Å². The van der Waals surface area contributed by atoms with Gasteiger partial charge in [-0.05, 0) is 72.4 Å². The molecule has 0 bridgehead atoms. The maximum atomic E-state index is 13.6. The first-order chi connectivity index (χ1) is 22.6. The van der Waals surface area contributed by atoms with E-state index >= 15 is 0 Å². The second-order valence-corrected chi connectivity index (χ2v) is 12.3. The second kappa shape index (κ2) is 15.9. The van der Waals surface area contributed by atoms with Gasteiger partial charge in [-0.1, -0.05) is 59.5 Å². The van der Waals surface area contributed by atoms with E-state index in [4.69, 9.17) is 5.11 Å². The van der Waals surface area contributed by atoms with Gasteiger partial charge >= 0.3 is 18.3 Å². The van der Waals surface area contributed by atoms with Crippen LogP contribution in [0.3, 0.4) is 0 Å². The highest BCUT2D eigenvalue weighted by Gasteiger charge is 2.32. The first-order valence-electron chi connectivity index (χ1n) is 15.0. The van der Waals surface area contributed by atoms with Crippen LogP contribution in [0.5, 0.6) is 0 Å². The van der Waals surface area contributed by atoms with Crippen LogP contribution in [0.4, 0.5) is 37.7 Å². The predicted octanol–water partition coefficient (Wildman–Crippen LogP) is 7.73. The molecule has 258 valence electrons. The Morgan fingerprint density at radius 2 is 1.58 bits per heavy atom. The molecule has 3 aromatic carbocycles. The molecular formula is C33H33BrF6N4O4. The summed E-state index contributed by atoms with van der Waals surface area (Å²) in [6.45, 7) is -2.25. The van der Waals surface area contributed by atoms with Gasteiger partial charge in [0.1, 0.15) is 6.54 Å². The molecule has 3 aromatic rings. The number of benzene rings is 3. The highest BCUT2D eigenvalue weighted by Crippen LogP contribution is 2.35. The number of rotatable bonds is 10. The Balaban J connectivity index is 1.70. The lowest BCUT2D eigenvalue weighted by Gasteiger charge is -2.29. The largest absolute Gasteiger partial charge is 0.479 e. The average Bonchev–Trinajstić information content (AvgIpc) is 3.04. The SMILES string of the molecule is O=C(NC[C@@H](O)C(=O)O)c1ccc(CN(/C(=N\CC(F)(F)F)Nc2cc(Br)cc(C(F)(F)F)c2)c2ccc(C3CCCCC3)cc2)cc1. The number of amides is 1. The monoisotopic (exact) mass is 742 g/mol. The zero-order valence-electron chi connectivity index (χ0n) is 25.4. The Kier molecular flexibility index (Phi) is 12.1. The Bertz CT molecular complexity index is 1590. The number of aliphatic imine (C=N–C) groups is 1. The summed E-state index contributed by atoms with van der Waals surface area (Å²) in [5, 5.41) is 23.2. The average molecular weight is 744 g/mol. The van der Waals surface area contributed by atoms with Crippen molar-refractivity contribution >= 4 is 45.1 Å². The lowest BCUT2D eigenvalue weighted by Crippen LogP contribution is -2.37. The number of nitrogens with zero attached hydrogens (tertiary/aromatic N) is 2. The number of nitrogens with one attached hydrogen (secondary N) is 2. The Labute approximate surface area is 281 Å². The molecule has 0 spiro atoms. The highest BCUT2D eigenvalue weighted by atomic mass is 79.9. The van der Waals surface area contributed by atoms with Crippen LogP contribution in [0.2, 0.25) is 0 Å². The normalized spacial score (nSPS) is 15.1. The van der Waals surface area contributed by atoms with Crippen molar-refractivity contribution in [1.82, 2.24) is 5.32 Å². The van der Waals surface area contributed by atoms with Crippen LogP contribution in [0, 0.1) is 0 Å². The van der Waals surface area contributed by atoms with Gasteiger partial charge in [-0.2, -0.15) is 26.3 Å². The molecule has 1 aliphatic carbocycles. The third-order valence-electron chi connectivity index (χ3n) is 7.72. The highest BCUT2D eigenvalue weighted by molar-refractivity contribution is 9.10. The number of aliphatic hydroxyl groups excluding tert-OH is 1. The van der Waals surface area contributed by atoms with Crippen molar-refractivity contribution in [3.05, 3.63) is 93.5 Å². The second-order valence-electron chi connectivity index (χ2n) is 11.4. The van der Waals surface area contributed by atoms with Crippen molar-refractivity contribution in [2.45, 2.75) is 63.0 Å². The molecule has 8 nitrogen and oxygen atoms in total. The number of carboxylic acids is 1. The molecule has 15 heteroatoms. The topological polar surface area (TPSA) is 114 Å². The van der Waals surface area contributed by atoms with Gasteiger partial charge < -0.3 is 25.7 Å². The quantitative estimate of drug-likeness (QED) is 0.0961. The molecular weight excluding hydrogens is 710 g/mol. The summed E-state index contributed by atoms with van der Waals surface area (Å²) in [6, 6.07) is 16.0. The van der Waals surface area contributed by atoms with Crippen molar-refractivity contribution in [2.75, 3.05) is 23.3 Å². The number of carbonyl (C=O) groups is 2. The van der Waals surface area contributed by atoms with E-state index in [9.17, 15) is 41.0 Å². The molecule has 1 fully saturated rings. The predicted molar refractivity (Wildman–Crippen MR) is 172 cm³/mol. The van der Waals surface area contributed by atoms with E-state index in [0.717, 1.165) is 49.8 Å². The van der Waals surface area contributed by atoms with Crippen molar-refractivity contribution < 1.29 is 46.1 Å². The van der Waals surface area contributed by atoms with Crippen LogP contribution in [0.25, 0.3) is 0 Å². The molecule has 0 radical (unpaired) electrons. The van der Waals surface area contributed by atoms with Crippen LogP contribution < -0.4 is 15.5 Å². The van der Waals surface area contributed by atoms with Gasteiger partial charge in [-0.15, -0.1) is 0 Å². The number of guanidine groups is 1. The maximum Gasteiger partial charge on any atom is 0.416 e. The van der Waals surface area contributed by atoms with E-state index in [-0.39, 0.29) is 28.2 Å². The van der Waals surface area contributed by atoms with E-state index in [2.05, 4.69) is 31.6 Å². The van der Waals surface area contributed by atoms with E-state index in [0.29, 0.717) is 17.2 Å². The third-order valence-corrected chi connectivity index (χ3v) is 8.18. The van der Waals surface area contributed by atoms with Crippen molar-refractivity contribution in [3.8, 4) is 0 Å². The van der Waals surface area contributed by atoms with Gasteiger partial charge in [-0.25, -0.2) is 9.79 Å². The summed E-state index contributed by atoms with van der Waals surface area (Å²) in [7, 11) is 0. The lowest BCUT2D eigenvalue weighted by atomic mass is 9.84. The number of carboxylic acid groups (broad SMARTS) is 1. The van der Waals surface area contributed by atoms with Crippen molar-refractivity contribution in [3.63, 3.8) is 0 Å². The number of aliphatic hydroxyl groups is 1. The van der Waals surface area contributed by atoms with E-state index in [1.807, 2.05) is 12.1 Å². The van der Waals surface area contributed by atoms with Crippen molar-refractivity contribution in [2.24, 2.45) is 4.99 Å². The fourth-order valence-electron chi connectivity index (χ4n) is 5.29. The van der Waals surface area contributed by atoms with E-state index in [1.165, 1.54) is 35.2 Å². The van der Waals surface area contributed by atoms with Gasteiger partial charge in [0.05, 0.1) is 18.7 Å². The molecule has 0 aliphatic heterocycles. The van der Waals surface area contributed by atoms with Gasteiger partial charge in [-0.3, -0.25) is 4.79 Å². The van der Waals surface area contributed by atoms with Crippen LogP contribution in [0.15, 0.2) is 76.2 Å². The minimum atomic E-state index is -4.72. The molecule has 0 heterocycles. The summed E-state index contributed by atoms with van der Waals surface area (Å²) in [6.07, 6.45) is -5.87. The Hall–Kier alpha value is -4.11. The molecule has 4 N–H and O–H groups in total. The van der Waals surface area contributed by atoms with E-state index < -0.39 is 49.0 Å². The van der Waals surface area contributed by atoms with Crippen LogP contribution >= 0.6 is 15.9 Å². The Morgan fingerprint density at radius 3 is 2.17 bits per heavy atom. The fraction of sp³-hybridized carbons (Fsp3) is 0.364. The standard InChI is InChI=1S/C33H33BrF6N4O4/c34-25-14-24(33(38,39)40)15-26(16-25)43-31(42-19-32(35,36)37)44(27-12-10-22(11-13-27)21-4-2-1-3-5-21)18-20-6-8-23(9-7-20)29(46)41-17-28(45)30(47)48/h6-16,21,28,45H,1-5,17-19H2,(H,41,46)(H,42,43)(H,47,48)/t28-/m1/s1. The zero-order chi connectivity index (χ0) is 35.1. The molecule has 1 saturated carbocycles. The maximum absolute atomic E-state index is 13.6. The minimum absolute atomic E-state index is 0.0446. The number of aliphatic carboxylic acids is 1. The summed E-state index contributed by atoms with van der Waals surface area (Å²) in [5.74, 6) is -2.20. The fourth-order valence-corrected chi connectivity index (χ4v) is 5.78. The number of anilines is 2. The van der Waals surface area contributed by atoms with Crippen LogP contribution in [-0.2, 0) is 17.5 Å². The molecule has 1 atom stereocenters. The van der Waals surface area contributed by atoms with Crippen molar-refractivity contribution in [1.29, 1.82) is 0 Å². The number of carbonyl (C=O) groups excluding carboxylic acids is 1. The molecule has 0 saturated heterocycles. The summed E-state index contributed by atoms with van der Waals surface area (Å²) >= 11 is 3.04. The number of hydrogen-bond donors (Lipinski definition) is 4. The minimum Gasteiger partial charge on any atom is -0.479 e. The zero-order valence-corrected chi connectivity index (χ0v) is 27.0. The summed E-state index contributed by atoms with van der Waals surface area (Å²) in [5.41, 5.74) is 0.932. The molecule has 48 heavy (non-hydrogen) atoms. The molecule has 4 rings (SSSR count). The van der Waals surface area contributed by atoms with Gasteiger partial charge in [0.2, 0.25) is 5.96 Å². The van der Waals surface area contributed by atoms with E-state index in [1.54, 1.807) is 12.1 Å². The number of alkyl halides is 6. The summed E-state index contributed by atoms with van der Waals surface area (Å²) < 4.78 is 81.3. The molecule has 0 aromatic heterocycles. The first kappa shape index (κ1) is 36.7. The Morgan fingerprint density at radius 1 is 0.938 bits per heavy atom. The van der Waals surface area contributed by atoms with Gasteiger partial charge in [0, 0.05) is 21.4 Å². The first-order valence-corrected chi connectivity index (χ1v) is 15.8. The summed E-state index contributed by atoms with van der Waals surface area (Å²) in [4.78, 5) is 28.5. The molecule has 1 aliphatic rings.